The standard InChI is InChI=1S/C18H20N2O3/c1-3-5-18(22)20-15-7-8-17(16(10-15)13(2)21)23-12-14-6-4-9-19-11-14/h4,6-11H,3,5,12H2,1-2H3,(H,20,22). The maximum Gasteiger partial charge on any atom is 0.224 e. The van der Waals surface area contributed by atoms with E-state index in [1.807, 2.05) is 19.1 Å². The smallest absolute Gasteiger partial charge is 0.224 e. The molecule has 0 fully saturated rings. The Morgan fingerprint density at radius 2 is 2.09 bits per heavy atom. The van der Waals surface area contributed by atoms with E-state index in [4.69, 9.17) is 4.74 Å². The molecule has 0 spiro atoms. The van der Waals surface area contributed by atoms with E-state index in [-0.39, 0.29) is 11.7 Å². The minimum Gasteiger partial charge on any atom is -0.488 e. The zero-order valence-electron chi connectivity index (χ0n) is 13.3. The second-order valence-corrected chi connectivity index (χ2v) is 5.22. The first-order valence-electron chi connectivity index (χ1n) is 7.56. The average molecular weight is 312 g/mol. The van der Waals surface area contributed by atoms with Crippen LogP contribution in [0.25, 0.3) is 0 Å². The van der Waals surface area contributed by atoms with Crippen molar-refractivity contribution in [3.63, 3.8) is 0 Å². The van der Waals surface area contributed by atoms with Gasteiger partial charge < -0.3 is 10.1 Å². The third kappa shape index (κ3) is 4.92. The fourth-order valence-corrected chi connectivity index (χ4v) is 2.10. The van der Waals surface area contributed by atoms with Gasteiger partial charge in [-0.15, -0.1) is 0 Å². The van der Waals surface area contributed by atoms with Crippen LogP contribution in [0.2, 0.25) is 0 Å². The first-order chi connectivity index (χ1) is 11.1. The lowest BCUT2D eigenvalue weighted by atomic mass is 10.1. The highest BCUT2D eigenvalue weighted by Crippen LogP contribution is 2.24. The van der Waals surface area contributed by atoms with Gasteiger partial charge in [0.15, 0.2) is 5.78 Å². The molecule has 0 unspecified atom stereocenters. The molecule has 0 aliphatic heterocycles. The monoisotopic (exact) mass is 312 g/mol. The number of carbonyl (C=O) groups is 2. The third-order valence-electron chi connectivity index (χ3n) is 3.24. The molecule has 120 valence electrons. The van der Waals surface area contributed by atoms with Crippen molar-refractivity contribution in [1.29, 1.82) is 0 Å². The minimum absolute atomic E-state index is 0.0639. The van der Waals surface area contributed by atoms with Crippen molar-refractivity contribution in [3.05, 3.63) is 53.9 Å². The summed E-state index contributed by atoms with van der Waals surface area (Å²) in [6.45, 7) is 3.75. The van der Waals surface area contributed by atoms with Gasteiger partial charge in [0.05, 0.1) is 5.56 Å². The molecule has 0 saturated carbocycles. The van der Waals surface area contributed by atoms with Gasteiger partial charge in [-0.3, -0.25) is 14.6 Å². The fraction of sp³-hybridized carbons (Fsp3) is 0.278. The van der Waals surface area contributed by atoms with E-state index in [1.165, 1.54) is 6.92 Å². The molecule has 0 bridgehead atoms. The lowest BCUT2D eigenvalue weighted by molar-refractivity contribution is -0.116. The van der Waals surface area contributed by atoms with Gasteiger partial charge in [0, 0.05) is 30.1 Å². The Labute approximate surface area is 135 Å². The second kappa shape index (κ2) is 8.08. The molecule has 1 amide bonds. The first kappa shape index (κ1) is 16.7. The number of Topliss-reactive ketones (excluding diaryl/α,β-unsaturated/α-hetero) is 1. The Balaban J connectivity index is 2.13. The molecule has 23 heavy (non-hydrogen) atoms. The number of amides is 1. The number of nitrogens with one attached hydrogen (secondary N) is 1. The number of hydrogen-bond acceptors (Lipinski definition) is 4. The van der Waals surface area contributed by atoms with E-state index in [0.717, 1.165) is 12.0 Å². The molecular formula is C18H20N2O3. The summed E-state index contributed by atoms with van der Waals surface area (Å²) in [6.07, 6.45) is 4.64. The summed E-state index contributed by atoms with van der Waals surface area (Å²) in [6, 6.07) is 8.82. The fourth-order valence-electron chi connectivity index (χ4n) is 2.10. The van der Waals surface area contributed by atoms with Crippen LogP contribution in [-0.2, 0) is 11.4 Å². The van der Waals surface area contributed by atoms with Crippen molar-refractivity contribution in [3.8, 4) is 5.75 Å². The Morgan fingerprint density at radius 3 is 2.74 bits per heavy atom. The van der Waals surface area contributed by atoms with Gasteiger partial charge in [0.25, 0.3) is 0 Å². The predicted molar refractivity (Wildman–Crippen MR) is 88.6 cm³/mol. The summed E-state index contributed by atoms with van der Waals surface area (Å²) in [5.41, 5.74) is 1.97. The van der Waals surface area contributed by atoms with E-state index in [1.54, 1.807) is 30.6 Å². The van der Waals surface area contributed by atoms with Crippen molar-refractivity contribution in [2.45, 2.75) is 33.3 Å². The van der Waals surface area contributed by atoms with Gasteiger partial charge in [-0.25, -0.2) is 0 Å². The van der Waals surface area contributed by atoms with E-state index in [0.29, 0.717) is 30.0 Å². The van der Waals surface area contributed by atoms with Gasteiger partial charge in [-0.1, -0.05) is 13.0 Å². The highest BCUT2D eigenvalue weighted by atomic mass is 16.5. The van der Waals surface area contributed by atoms with Crippen molar-refractivity contribution in [1.82, 2.24) is 4.98 Å². The molecule has 5 heteroatoms. The van der Waals surface area contributed by atoms with Crippen LogP contribution in [0.4, 0.5) is 5.69 Å². The molecule has 2 rings (SSSR count). The molecule has 1 N–H and O–H groups in total. The quantitative estimate of drug-likeness (QED) is 0.793. The lowest BCUT2D eigenvalue weighted by Gasteiger charge is -2.12. The van der Waals surface area contributed by atoms with Gasteiger partial charge in [0.1, 0.15) is 12.4 Å². The average Bonchev–Trinajstić information content (AvgIpc) is 2.54. The van der Waals surface area contributed by atoms with Gasteiger partial charge in [-0.05, 0) is 37.6 Å². The molecule has 0 atom stereocenters. The topological polar surface area (TPSA) is 68.3 Å². The Morgan fingerprint density at radius 1 is 1.26 bits per heavy atom. The molecule has 0 aliphatic carbocycles. The maximum absolute atomic E-state index is 11.8. The summed E-state index contributed by atoms with van der Waals surface area (Å²) in [5.74, 6) is 0.318. The van der Waals surface area contributed by atoms with Crippen LogP contribution in [0.3, 0.4) is 0 Å². The van der Waals surface area contributed by atoms with Crippen molar-refractivity contribution >= 4 is 17.4 Å². The van der Waals surface area contributed by atoms with E-state index in [9.17, 15) is 9.59 Å². The molecule has 0 aliphatic rings. The third-order valence-corrected chi connectivity index (χ3v) is 3.24. The molecule has 0 saturated heterocycles. The number of carbonyl (C=O) groups excluding carboxylic acids is 2. The van der Waals surface area contributed by atoms with Crippen LogP contribution in [-0.4, -0.2) is 16.7 Å². The minimum atomic E-state index is -0.113. The zero-order valence-corrected chi connectivity index (χ0v) is 13.3. The summed E-state index contributed by atoms with van der Waals surface area (Å²) < 4.78 is 5.72. The summed E-state index contributed by atoms with van der Waals surface area (Å²) in [7, 11) is 0. The number of nitrogens with zero attached hydrogens (tertiary/aromatic N) is 1. The number of ketones is 1. The normalized spacial score (nSPS) is 10.2. The molecule has 0 radical (unpaired) electrons. The van der Waals surface area contributed by atoms with Crippen LogP contribution in [0, 0.1) is 0 Å². The van der Waals surface area contributed by atoms with Gasteiger partial charge >= 0.3 is 0 Å². The summed E-state index contributed by atoms with van der Waals surface area (Å²) >= 11 is 0. The molecule has 5 nitrogen and oxygen atoms in total. The number of rotatable bonds is 7. The number of benzene rings is 1. The number of anilines is 1. The predicted octanol–water partition coefficient (Wildman–Crippen LogP) is 3.60. The Hall–Kier alpha value is -2.69. The Kier molecular flexibility index (Phi) is 5.86. The largest absolute Gasteiger partial charge is 0.488 e. The number of hydrogen-bond donors (Lipinski definition) is 1. The van der Waals surface area contributed by atoms with Crippen molar-refractivity contribution in [2.75, 3.05) is 5.32 Å². The van der Waals surface area contributed by atoms with Crippen molar-refractivity contribution < 1.29 is 14.3 Å². The molecular weight excluding hydrogens is 292 g/mol. The van der Waals surface area contributed by atoms with Crippen LogP contribution >= 0.6 is 0 Å². The van der Waals surface area contributed by atoms with Crippen LogP contribution in [0.5, 0.6) is 5.75 Å². The van der Waals surface area contributed by atoms with Crippen LogP contribution < -0.4 is 10.1 Å². The van der Waals surface area contributed by atoms with E-state index in [2.05, 4.69) is 10.3 Å². The second-order valence-electron chi connectivity index (χ2n) is 5.22. The van der Waals surface area contributed by atoms with Crippen LogP contribution in [0.1, 0.15) is 42.6 Å². The first-order valence-corrected chi connectivity index (χ1v) is 7.56. The maximum atomic E-state index is 11.8. The summed E-state index contributed by atoms with van der Waals surface area (Å²) in [4.78, 5) is 27.5. The van der Waals surface area contributed by atoms with E-state index >= 15 is 0 Å². The number of aromatic nitrogens is 1. The van der Waals surface area contributed by atoms with Crippen LogP contribution in [0.15, 0.2) is 42.7 Å². The number of ether oxygens (including phenoxy) is 1. The summed E-state index contributed by atoms with van der Waals surface area (Å²) in [5, 5.41) is 2.78. The van der Waals surface area contributed by atoms with E-state index < -0.39 is 0 Å². The van der Waals surface area contributed by atoms with Gasteiger partial charge in [-0.2, -0.15) is 0 Å². The molecule has 1 aromatic carbocycles. The SMILES string of the molecule is CCCC(=O)Nc1ccc(OCc2cccnc2)c(C(C)=O)c1. The zero-order chi connectivity index (χ0) is 16.7. The molecule has 1 aromatic heterocycles. The molecule has 2 aromatic rings. The highest BCUT2D eigenvalue weighted by molar-refractivity contribution is 5.99. The Bertz CT molecular complexity index is 684. The number of pyridine rings is 1. The lowest BCUT2D eigenvalue weighted by Crippen LogP contribution is -2.11. The highest BCUT2D eigenvalue weighted by Gasteiger charge is 2.11. The van der Waals surface area contributed by atoms with Crippen molar-refractivity contribution in [2.24, 2.45) is 0 Å². The molecule has 1 heterocycles. The van der Waals surface area contributed by atoms with Gasteiger partial charge in [0.2, 0.25) is 5.91 Å².